The first kappa shape index (κ1) is 12.7. The molecule has 5 nitrogen and oxygen atoms in total. The van der Waals surface area contributed by atoms with Gasteiger partial charge in [0, 0.05) is 19.4 Å². The lowest BCUT2D eigenvalue weighted by molar-refractivity contribution is -0.138. The second-order valence-corrected chi connectivity index (χ2v) is 4.35. The van der Waals surface area contributed by atoms with Crippen molar-refractivity contribution < 1.29 is 19.6 Å². The largest absolute Gasteiger partial charge is 0.616 e. The highest BCUT2D eigenvalue weighted by Crippen LogP contribution is 1.99. The van der Waals surface area contributed by atoms with E-state index in [1.54, 1.807) is 0 Å². The fourth-order valence-electron chi connectivity index (χ4n) is 0.709. The molecule has 0 spiro atoms. The molecule has 0 saturated heterocycles. The van der Waals surface area contributed by atoms with Crippen molar-refractivity contribution in [3.63, 3.8) is 0 Å². The first-order valence-electron chi connectivity index (χ1n) is 4.02. The highest BCUT2D eigenvalue weighted by Gasteiger charge is 2.15. The molecule has 0 aromatic carbocycles. The standard InChI is InChI=1S/C7H15NO4S/c8-6(7(10)11)2-5-13(12)4-1-3-9/h6,9H,1-5,8H2,(H,10,11)/t6-,13?/m0/s1. The van der Waals surface area contributed by atoms with Gasteiger partial charge in [0.15, 0.2) is 0 Å². The van der Waals surface area contributed by atoms with E-state index in [0.717, 1.165) is 0 Å². The Morgan fingerprint density at radius 3 is 2.62 bits per heavy atom. The second-order valence-electron chi connectivity index (χ2n) is 2.66. The van der Waals surface area contributed by atoms with Crippen molar-refractivity contribution in [2.24, 2.45) is 5.73 Å². The Labute approximate surface area is 80.1 Å². The van der Waals surface area contributed by atoms with E-state index in [-0.39, 0.29) is 18.8 Å². The number of carboxylic acids is 1. The van der Waals surface area contributed by atoms with E-state index in [2.05, 4.69) is 0 Å². The molecule has 13 heavy (non-hydrogen) atoms. The molecule has 1 unspecified atom stereocenters. The normalized spacial score (nSPS) is 15.3. The van der Waals surface area contributed by atoms with E-state index >= 15 is 0 Å². The van der Waals surface area contributed by atoms with Crippen LogP contribution in [0.5, 0.6) is 0 Å². The van der Waals surface area contributed by atoms with Crippen LogP contribution in [0.1, 0.15) is 12.8 Å². The van der Waals surface area contributed by atoms with Gasteiger partial charge in [0.2, 0.25) is 0 Å². The van der Waals surface area contributed by atoms with Gasteiger partial charge in [-0.25, -0.2) is 0 Å². The molecule has 0 aliphatic carbocycles. The van der Waals surface area contributed by atoms with Crippen LogP contribution in [0.2, 0.25) is 0 Å². The van der Waals surface area contributed by atoms with Crippen molar-refractivity contribution in [2.75, 3.05) is 18.1 Å². The topological polar surface area (TPSA) is 107 Å². The third-order valence-electron chi connectivity index (χ3n) is 1.50. The summed E-state index contributed by atoms with van der Waals surface area (Å²) in [6.45, 7) is 0.0106. The van der Waals surface area contributed by atoms with Crippen LogP contribution in [-0.4, -0.2) is 44.9 Å². The minimum atomic E-state index is -1.07. The number of aliphatic hydroxyl groups excluding tert-OH is 1. The summed E-state index contributed by atoms with van der Waals surface area (Å²) in [5.74, 6) is -0.379. The summed E-state index contributed by atoms with van der Waals surface area (Å²) in [6, 6.07) is -0.932. The molecule has 0 heterocycles. The molecule has 0 amide bonds. The third-order valence-corrected chi connectivity index (χ3v) is 2.94. The maximum absolute atomic E-state index is 11.1. The first-order chi connectivity index (χ1) is 6.07. The summed E-state index contributed by atoms with van der Waals surface area (Å²) in [7, 11) is 0. The van der Waals surface area contributed by atoms with Crippen molar-refractivity contribution in [1.82, 2.24) is 0 Å². The van der Waals surface area contributed by atoms with Crippen LogP contribution in [-0.2, 0) is 16.0 Å². The van der Waals surface area contributed by atoms with Crippen LogP contribution >= 0.6 is 0 Å². The van der Waals surface area contributed by atoms with E-state index in [1.165, 1.54) is 0 Å². The number of rotatable bonds is 7. The lowest BCUT2D eigenvalue weighted by Crippen LogP contribution is -2.32. The number of hydrogen-bond acceptors (Lipinski definition) is 4. The summed E-state index contributed by atoms with van der Waals surface area (Å²) in [5.41, 5.74) is 5.21. The summed E-state index contributed by atoms with van der Waals surface area (Å²) >= 11 is -1.06. The minimum Gasteiger partial charge on any atom is -0.616 e. The van der Waals surface area contributed by atoms with Gasteiger partial charge >= 0.3 is 5.97 Å². The molecule has 0 radical (unpaired) electrons. The zero-order valence-corrected chi connectivity index (χ0v) is 8.13. The van der Waals surface area contributed by atoms with Crippen molar-refractivity contribution in [3.8, 4) is 0 Å². The third kappa shape index (κ3) is 6.83. The molecule has 0 saturated carbocycles. The Hall–Kier alpha value is -0.300. The van der Waals surface area contributed by atoms with Gasteiger partial charge in [0.25, 0.3) is 0 Å². The van der Waals surface area contributed by atoms with Gasteiger partial charge in [-0.05, 0) is 0 Å². The summed E-state index contributed by atoms with van der Waals surface area (Å²) in [6.07, 6.45) is 0.697. The number of aliphatic carboxylic acids is 1. The summed E-state index contributed by atoms with van der Waals surface area (Å²) < 4.78 is 11.1. The predicted molar refractivity (Wildman–Crippen MR) is 49.8 cm³/mol. The maximum Gasteiger partial charge on any atom is 0.320 e. The van der Waals surface area contributed by atoms with Crippen molar-refractivity contribution >= 4 is 17.1 Å². The highest BCUT2D eigenvalue weighted by atomic mass is 32.2. The van der Waals surface area contributed by atoms with E-state index in [4.69, 9.17) is 15.9 Å². The number of hydrogen-bond donors (Lipinski definition) is 3. The zero-order valence-electron chi connectivity index (χ0n) is 7.31. The second kappa shape index (κ2) is 7.14. The summed E-state index contributed by atoms with van der Waals surface area (Å²) in [4.78, 5) is 10.3. The fraction of sp³-hybridized carbons (Fsp3) is 0.857. The van der Waals surface area contributed by atoms with Crippen LogP contribution in [0.25, 0.3) is 0 Å². The molecule has 78 valence electrons. The van der Waals surface area contributed by atoms with Crippen LogP contribution in [0.4, 0.5) is 0 Å². The summed E-state index contributed by atoms with van der Waals surface area (Å²) in [5, 5.41) is 16.8. The minimum absolute atomic E-state index is 0.0106. The van der Waals surface area contributed by atoms with Gasteiger partial charge in [-0.2, -0.15) is 0 Å². The Morgan fingerprint density at radius 2 is 2.15 bits per heavy atom. The van der Waals surface area contributed by atoms with E-state index in [0.29, 0.717) is 12.2 Å². The van der Waals surface area contributed by atoms with E-state index in [9.17, 15) is 9.35 Å². The molecule has 0 aromatic rings. The zero-order chi connectivity index (χ0) is 10.3. The van der Waals surface area contributed by atoms with Crippen molar-refractivity contribution in [1.29, 1.82) is 0 Å². The van der Waals surface area contributed by atoms with E-state index in [1.807, 2.05) is 0 Å². The van der Waals surface area contributed by atoms with Gasteiger partial charge in [0.05, 0.1) is 0 Å². The molecule has 6 heteroatoms. The van der Waals surface area contributed by atoms with Gasteiger partial charge in [-0.1, -0.05) is 11.2 Å². The van der Waals surface area contributed by atoms with Crippen LogP contribution in [0.3, 0.4) is 0 Å². The Balaban J connectivity index is 3.45. The number of aliphatic hydroxyl groups is 1. The average Bonchev–Trinajstić information content (AvgIpc) is 2.10. The molecule has 0 aliphatic rings. The smallest absolute Gasteiger partial charge is 0.320 e. The molecular weight excluding hydrogens is 194 g/mol. The van der Waals surface area contributed by atoms with Crippen LogP contribution in [0.15, 0.2) is 0 Å². The molecule has 0 aliphatic heterocycles. The van der Waals surface area contributed by atoms with Gasteiger partial charge in [-0.15, -0.1) is 0 Å². The lowest BCUT2D eigenvalue weighted by atomic mass is 10.2. The number of nitrogens with two attached hydrogens (primary N) is 1. The monoisotopic (exact) mass is 209 g/mol. The highest BCUT2D eigenvalue weighted by molar-refractivity contribution is 7.91. The van der Waals surface area contributed by atoms with E-state index < -0.39 is 23.2 Å². The molecule has 0 fully saturated rings. The molecule has 0 bridgehead atoms. The molecule has 0 rings (SSSR count). The quantitative estimate of drug-likeness (QED) is 0.462. The Kier molecular flexibility index (Phi) is 6.97. The Morgan fingerprint density at radius 1 is 1.54 bits per heavy atom. The fourth-order valence-corrected chi connectivity index (χ4v) is 1.88. The SMILES string of the molecule is N[C@@H](CC[S+]([O-])CCCO)C(=O)O. The Bertz CT molecular complexity index is 155. The van der Waals surface area contributed by atoms with Crippen molar-refractivity contribution in [2.45, 2.75) is 18.9 Å². The molecule has 4 N–H and O–H groups in total. The molecule has 0 aromatic heterocycles. The van der Waals surface area contributed by atoms with Gasteiger partial charge < -0.3 is 20.5 Å². The van der Waals surface area contributed by atoms with Gasteiger partial charge in [0.1, 0.15) is 17.5 Å². The number of carbonyl (C=O) groups is 1. The first-order valence-corrected chi connectivity index (χ1v) is 5.51. The van der Waals surface area contributed by atoms with Gasteiger partial charge in [-0.3, -0.25) is 4.79 Å². The molecule has 2 atom stereocenters. The molecular formula is C7H15NO4S. The van der Waals surface area contributed by atoms with Crippen LogP contribution < -0.4 is 5.73 Å². The average molecular weight is 209 g/mol. The van der Waals surface area contributed by atoms with Crippen molar-refractivity contribution in [3.05, 3.63) is 0 Å². The lowest BCUT2D eigenvalue weighted by Gasteiger charge is -2.11. The maximum atomic E-state index is 11.1. The predicted octanol–water partition coefficient (Wildman–Crippen LogP) is -1.08. The van der Waals surface area contributed by atoms with Crippen LogP contribution in [0, 0.1) is 0 Å². The number of carboxylic acid groups (broad SMARTS) is 1.